The molecule has 6 nitrogen and oxygen atoms in total. The number of para-hydroxylation sites is 1. The Bertz CT molecular complexity index is 781. The van der Waals surface area contributed by atoms with E-state index in [4.69, 9.17) is 14.2 Å². The molecule has 1 saturated heterocycles. The number of amides is 1. The number of hydrogen-bond acceptors (Lipinski definition) is 5. The quantitative estimate of drug-likeness (QED) is 0.758. The van der Waals surface area contributed by atoms with Crippen molar-refractivity contribution in [2.45, 2.75) is 25.9 Å². The molecular formula is C21H23NO5. The fourth-order valence-electron chi connectivity index (χ4n) is 2.77. The van der Waals surface area contributed by atoms with Crippen LogP contribution in [0.3, 0.4) is 0 Å². The molecule has 1 amide bonds. The molecule has 0 spiro atoms. The molecule has 2 aromatic rings. The van der Waals surface area contributed by atoms with E-state index in [-0.39, 0.29) is 18.6 Å². The van der Waals surface area contributed by atoms with Crippen molar-refractivity contribution in [2.24, 2.45) is 0 Å². The van der Waals surface area contributed by atoms with Crippen molar-refractivity contribution in [1.82, 2.24) is 0 Å². The maximum Gasteiger partial charge on any atom is 0.338 e. The zero-order valence-electron chi connectivity index (χ0n) is 15.3. The summed E-state index contributed by atoms with van der Waals surface area (Å²) in [5.41, 5.74) is 2.00. The molecule has 27 heavy (non-hydrogen) atoms. The Morgan fingerprint density at radius 3 is 2.63 bits per heavy atom. The number of carbonyl (C=O) groups is 2. The van der Waals surface area contributed by atoms with Gasteiger partial charge in [-0.1, -0.05) is 18.2 Å². The number of anilines is 1. The first kappa shape index (κ1) is 18.9. The third-order valence-electron chi connectivity index (χ3n) is 4.30. The minimum absolute atomic E-state index is 0.140. The Labute approximate surface area is 158 Å². The van der Waals surface area contributed by atoms with Crippen LogP contribution < -0.4 is 10.1 Å². The van der Waals surface area contributed by atoms with Gasteiger partial charge in [0.25, 0.3) is 5.91 Å². The van der Waals surface area contributed by atoms with Gasteiger partial charge >= 0.3 is 5.97 Å². The minimum Gasteiger partial charge on any atom is -0.491 e. The van der Waals surface area contributed by atoms with Gasteiger partial charge in [-0.2, -0.15) is 0 Å². The summed E-state index contributed by atoms with van der Waals surface area (Å²) in [7, 11) is 0. The van der Waals surface area contributed by atoms with E-state index in [1.807, 2.05) is 25.1 Å². The van der Waals surface area contributed by atoms with Crippen LogP contribution in [0.1, 0.15) is 28.8 Å². The number of rotatable bonds is 7. The number of benzene rings is 2. The second kappa shape index (κ2) is 9.19. The predicted molar refractivity (Wildman–Crippen MR) is 101 cm³/mol. The number of carbonyl (C=O) groups excluding carboxylic acids is 2. The molecule has 1 aliphatic rings. The molecule has 2 aromatic carbocycles. The molecule has 1 atom stereocenters. The highest BCUT2D eigenvalue weighted by Crippen LogP contribution is 2.17. The van der Waals surface area contributed by atoms with E-state index in [2.05, 4.69) is 5.32 Å². The maximum absolute atomic E-state index is 12.1. The van der Waals surface area contributed by atoms with Crippen molar-refractivity contribution in [3.05, 3.63) is 59.7 Å². The highest BCUT2D eigenvalue weighted by atomic mass is 16.5. The van der Waals surface area contributed by atoms with E-state index in [1.54, 1.807) is 30.3 Å². The van der Waals surface area contributed by atoms with Gasteiger partial charge in [-0.05, 0) is 55.7 Å². The minimum atomic E-state index is -0.555. The number of aryl methyl sites for hydroxylation is 1. The molecule has 0 saturated carbocycles. The van der Waals surface area contributed by atoms with Gasteiger partial charge in [0, 0.05) is 12.3 Å². The van der Waals surface area contributed by atoms with Crippen LogP contribution in [-0.2, 0) is 14.3 Å². The van der Waals surface area contributed by atoms with E-state index in [0.29, 0.717) is 23.6 Å². The molecule has 3 rings (SSSR count). The smallest absolute Gasteiger partial charge is 0.338 e. The zero-order chi connectivity index (χ0) is 19.1. The molecule has 0 aromatic heterocycles. The molecule has 0 unspecified atom stereocenters. The van der Waals surface area contributed by atoms with E-state index < -0.39 is 5.97 Å². The lowest BCUT2D eigenvalue weighted by Crippen LogP contribution is -2.21. The second-order valence-electron chi connectivity index (χ2n) is 6.41. The van der Waals surface area contributed by atoms with Crippen molar-refractivity contribution in [3.63, 3.8) is 0 Å². The van der Waals surface area contributed by atoms with Crippen LogP contribution >= 0.6 is 0 Å². The van der Waals surface area contributed by atoms with Gasteiger partial charge in [-0.3, -0.25) is 4.79 Å². The normalized spacial score (nSPS) is 16.0. The highest BCUT2D eigenvalue weighted by molar-refractivity contribution is 5.95. The molecule has 0 radical (unpaired) electrons. The van der Waals surface area contributed by atoms with E-state index in [0.717, 1.165) is 25.0 Å². The van der Waals surface area contributed by atoms with Gasteiger partial charge in [0.2, 0.25) is 0 Å². The first-order valence-corrected chi connectivity index (χ1v) is 8.99. The predicted octanol–water partition coefficient (Wildman–Crippen LogP) is 3.35. The molecule has 142 valence electrons. The van der Waals surface area contributed by atoms with Crippen LogP contribution in [0.15, 0.2) is 48.5 Å². The second-order valence-corrected chi connectivity index (χ2v) is 6.41. The van der Waals surface area contributed by atoms with Gasteiger partial charge in [-0.25, -0.2) is 4.79 Å². The Morgan fingerprint density at radius 2 is 1.93 bits per heavy atom. The fraction of sp³-hybridized carbons (Fsp3) is 0.333. The Kier molecular flexibility index (Phi) is 6.44. The maximum atomic E-state index is 12.1. The lowest BCUT2D eigenvalue weighted by Gasteiger charge is -2.12. The zero-order valence-corrected chi connectivity index (χ0v) is 15.3. The van der Waals surface area contributed by atoms with Crippen molar-refractivity contribution < 1.29 is 23.8 Å². The first-order valence-electron chi connectivity index (χ1n) is 8.99. The van der Waals surface area contributed by atoms with Gasteiger partial charge in [0.15, 0.2) is 6.61 Å². The van der Waals surface area contributed by atoms with Crippen molar-refractivity contribution in [1.29, 1.82) is 0 Å². The van der Waals surface area contributed by atoms with Crippen molar-refractivity contribution in [3.8, 4) is 5.75 Å². The van der Waals surface area contributed by atoms with Crippen molar-refractivity contribution in [2.75, 3.05) is 25.1 Å². The highest BCUT2D eigenvalue weighted by Gasteiger charge is 2.16. The van der Waals surface area contributed by atoms with Gasteiger partial charge in [0.1, 0.15) is 12.4 Å². The van der Waals surface area contributed by atoms with Crippen LogP contribution in [0.25, 0.3) is 0 Å². The Hall–Kier alpha value is -2.86. The molecule has 1 heterocycles. The topological polar surface area (TPSA) is 73.9 Å². The van der Waals surface area contributed by atoms with Crippen LogP contribution in [0.2, 0.25) is 0 Å². The third kappa shape index (κ3) is 5.56. The molecule has 6 heteroatoms. The summed E-state index contributed by atoms with van der Waals surface area (Å²) in [5.74, 6) is -0.269. The summed E-state index contributed by atoms with van der Waals surface area (Å²) < 4.78 is 16.2. The van der Waals surface area contributed by atoms with Gasteiger partial charge in [-0.15, -0.1) is 0 Å². The lowest BCUT2D eigenvalue weighted by atomic mass is 10.2. The van der Waals surface area contributed by atoms with E-state index in [9.17, 15) is 9.59 Å². The number of nitrogens with one attached hydrogen (secondary N) is 1. The third-order valence-corrected chi connectivity index (χ3v) is 4.30. The van der Waals surface area contributed by atoms with Gasteiger partial charge in [0.05, 0.1) is 11.7 Å². The van der Waals surface area contributed by atoms with Crippen LogP contribution in [-0.4, -0.2) is 37.8 Å². The summed E-state index contributed by atoms with van der Waals surface area (Å²) in [6, 6.07) is 14.1. The molecule has 1 fully saturated rings. The fourth-order valence-corrected chi connectivity index (χ4v) is 2.77. The largest absolute Gasteiger partial charge is 0.491 e. The summed E-state index contributed by atoms with van der Waals surface area (Å²) in [5, 5.41) is 2.72. The monoisotopic (exact) mass is 369 g/mol. The average molecular weight is 369 g/mol. The van der Waals surface area contributed by atoms with Crippen LogP contribution in [0, 0.1) is 6.92 Å². The molecular weight excluding hydrogens is 346 g/mol. The Balaban J connectivity index is 1.44. The summed E-state index contributed by atoms with van der Waals surface area (Å²) in [6.45, 7) is 2.84. The molecule has 0 bridgehead atoms. The number of hydrogen-bond donors (Lipinski definition) is 1. The number of ether oxygens (including phenoxy) is 3. The summed E-state index contributed by atoms with van der Waals surface area (Å²) in [4.78, 5) is 24.0. The van der Waals surface area contributed by atoms with Crippen molar-refractivity contribution >= 4 is 17.6 Å². The number of esters is 1. The SMILES string of the molecule is Cc1ccccc1NC(=O)COC(=O)c1ccc(OC[C@@H]2CCCO2)cc1. The van der Waals surface area contributed by atoms with Crippen LogP contribution in [0.4, 0.5) is 5.69 Å². The lowest BCUT2D eigenvalue weighted by molar-refractivity contribution is -0.119. The first-order chi connectivity index (χ1) is 13.1. The summed E-state index contributed by atoms with van der Waals surface area (Å²) in [6.07, 6.45) is 2.21. The average Bonchev–Trinajstić information content (AvgIpc) is 3.20. The van der Waals surface area contributed by atoms with E-state index >= 15 is 0 Å². The Morgan fingerprint density at radius 1 is 1.15 bits per heavy atom. The van der Waals surface area contributed by atoms with E-state index in [1.165, 1.54) is 0 Å². The van der Waals surface area contributed by atoms with Crippen LogP contribution in [0.5, 0.6) is 5.75 Å². The molecule has 0 aliphatic carbocycles. The standard InChI is InChI=1S/C21H23NO5/c1-15-5-2-3-7-19(15)22-20(23)14-27-21(24)16-8-10-17(11-9-16)26-13-18-6-4-12-25-18/h2-3,5,7-11,18H,4,6,12-14H2,1H3,(H,22,23)/t18-/m0/s1. The van der Waals surface area contributed by atoms with Gasteiger partial charge < -0.3 is 19.5 Å². The molecule has 1 N–H and O–H groups in total. The molecule has 1 aliphatic heterocycles. The summed E-state index contributed by atoms with van der Waals surface area (Å²) >= 11 is 0.